The van der Waals surface area contributed by atoms with E-state index in [2.05, 4.69) is 0 Å². The van der Waals surface area contributed by atoms with E-state index in [-0.39, 0.29) is 0 Å². The van der Waals surface area contributed by atoms with Crippen molar-refractivity contribution < 1.29 is 9.21 Å². The van der Waals surface area contributed by atoms with Crippen molar-refractivity contribution >= 4 is 17.5 Å². The second-order valence-corrected chi connectivity index (χ2v) is 5.28. The van der Waals surface area contributed by atoms with Gasteiger partial charge in [-0.3, -0.25) is 4.79 Å². The lowest BCUT2D eigenvalue weighted by atomic mass is 9.95. The highest BCUT2D eigenvalue weighted by atomic mass is 32.2. The number of carbonyl (C=O) groups excluding carboxylic acids is 1. The van der Waals surface area contributed by atoms with Crippen LogP contribution in [0, 0.1) is 5.92 Å². The van der Waals surface area contributed by atoms with Gasteiger partial charge in [-0.15, -0.1) is 0 Å². The maximum Gasteiger partial charge on any atom is 0.140 e. The Balaban J connectivity index is 1.76. The lowest BCUT2D eigenvalue weighted by Crippen LogP contribution is -2.15. The standard InChI is InChI=1S/C12H16O2S/c13-11(9-12-2-1-5-14-12)8-10-3-6-15-7-4-10/h1-2,5,10H,3-4,6-9H2. The van der Waals surface area contributed by atoms with Gasteiger partial charge in [-0.1, -0.05) is 0 Å². The highest BCUT2D eigenvalue weighted by molar-refractivity contribution is 7.99. The maximum absolute atomic E-state index is 11.7. The minimum Gasteiger partial charge on any atom is -0.469 e. The number of ketones is 1. The SMILES string of the molecule is O=C(Cc1ccco1)CC1CCSCC1. The van der Waals surface area contributed by atoms with Gasteiger partial charge in [0.05, 0.1) is 12.7 Å². The average molecular weight is 224 g/mol. The first-order valence-corrected chi connectivity index (χ1v) is 6.62. The number of Topliss-reactive ketones (excluding diaryl/α,β-unsaturated/α-hetero) is 1. The van der Waals surface area contributed by atoms with Crippen molar-refractivity contribution in [2.45, 2.75) is 25.7 Å². The molecule has 0 N–H and O–H groups in total. The van der Waals surface area contributed by atoms with Crippen molar-refractivity contribution in [1.29, 1.82) is 0 Å². The van der Waals surface area contributed by atoms with Crippen LogP contribution < -0.4 is 0 Å². The van der Waals surface area contributed by atoms with E-state index in [0.29, 0.717) is 18.1 Å². The van der Waals surface area contributed by atoms with E-state index in [0.717, 1.165) is 12.2 Å². The molecule has 1 aromatic heterocycles. The fourth-order valence-corrected chi connectivity index (χ4v) is 3.16. The molecule has 0 saturated carbocycles. The van der Waals surface area contributed by atoms with Crippen LogP contribution in [0.3, 0.4) is 0 Å². The maximum atomic E-state index is 11.7. The van der Waals surface area contributed by atoms with E-state index in [1.807, 2.05) is 23.9 Å². The molecule has 0 aliphatic carbocycles. The summed E-state index contributed by atoms with van der Waals surface area (Å²) in [4.78, 5) is 11.7. The Morgan fingerprint density at radius 3 is 2.93 bits per heavy atom. The van der Waals surface area contributed by atoms with Gasteiger partial charge in [0, 0.05) is 6.42 Å². The number of hydrogen-bond donors (Lipinski definition) is 0. The summed E-state index contributed by atoms with van der Waals surface area (Å²) in [5.41, 5.74) is 0. The first kappa shape index (κ1) is 10.8. The van der Waals surface area contributed by atoms with Gasteiger partial charge in [-0.2, -0.15) is 11.8 Å². The number of rotatable bonds is 4. The molecule has 0 aromatic carbocycles. The van der Waals surface area contributed by atoms with E-state index in [1.165, 1.54) is 24.3 Å². The molecular formula is C12H16O2S. The molecule has 1 aromatic rings. The molecule has 1 aliphatic rings. The fraction of sp³-hybridized carbons (Fsp3) is 0.583. The lowest BCUT2D eigenvalue weighted by molar-refractivity contribution is -0.119. The molecule has 2 rings (SSSR count). The minimum atomic E-state index is 0.321. The van der Waals surface area contributed by atoms with E-state index in [4.69, 9.17) is 4.42 Å². The third-order valence-electron chi connectivity index (χ3n) is 2.81. The third-order valence-corrected chi connectivity index (χ3v) is 3.86. The molecule has 82 valence electrons. The van der Waals surface area contributed by atoms with Gasteiger partial charge < -0.3 is 4.42 Å². The number of hydrogen-bond acceptors (Lipinski definition) is 3. The summed E-state index contributed by atoms with van der Waals surface area (Å²) in [6.07, 6.45) is 5.24. The predicted octanol–water partition coefficient (Wildman–Crippen LogP) is 2.92. The molecule has 0 amide bonds. The Morgan fingerprint density at radius 1 is 1.47 bits per heavy atom. The monoisotopic (exact) mass is 224 g/mol. The summed E-state index contributed by atoms with van der Waals surface area (Å²) in [7, 11) is 0. The first-order chi connectivity index (χ1) is 7.34. The van der Waals surface area contributed by atoms with Crippen molar-refractivity contribution in [1.82, 2.24) is 0 Å². The molecule has 3 heteroatoms. The van der Waals surface area contributed by atoms with E-state index in [1.54, 1.807) is 6.26 Å². The molecule has 2 heterocycles. The molecular weight excluding hydrogens is 208 g/mol. The third kappa shape index (κ3) is 3.42. The average Bonchev–Trinajstić information content (AvgIpc) is 2.71. The predicted molar refractivity (Wildman–Crippen MR) is 62.1 cm³/mol. The topological polar surface area (TPSA) is 30.2 Å². The van der Waals surface area contributed by atoms with E-state index < -0.39 is 0 Å². The van der Waals surface area contributed by atoms with Gasteiger partial charge in [0.15, 0.2) is 0 Å². The highest BCUT2D eigenvalue weighted by Crippen LogP contribution is 2.25. The fourth-order valence-electron chi connectivity index (χ4n) is 1.95. The van der Waals surface area contributed by atoms with Crippen LogP contribution in [-0.2, 0) is 11.2 Å². The molecule has 15 heavy (non-hydrogen) atoms. The molecule has 0 bridgehead atoms. The van der Waals surface area contributed by atoms with E-state index >= 15 is 0 Å². The molecule has 1 saturated heterocycles. The number of thioether (sulfide) groups is 1. The van der Waals surface area contributed by atoms with Crippen LogP contribution in [-0.4, -0.2) is 17.3 Å². The van der Waals surface area contributed by atoms with Crippen molar-refractivity contribution in [2.24, 2.45) is 5.92 Å². The Bertz CT molecular complexity index is 299. The Kier molecular flexibility index (Phi) is 3.89. The second kappa shape index (κ2) is 5.40. The summed E-state index contributed by atoms with van der Waals surface area (Å²) < 4.78 is 5.17. The Morgan fingerprint density at radius 2 is 2.27 bits per heavy atom. The van der Waals surface area contributed by atoms with Gasteiger partial charge in [0.25, 0.3) is 0 Å². The van der Waals surface area contributed by atoms with Gasteiger partial charge in [0.1, 0.15) is 11.5 Å². The van der Waals surface area contributed by atoms with Crippen molar-refractivity contribution in [2.75, 3.05) is 11.5 Å². The molecule has 0 atom stereocenters. The zero-order valence-electron chi connectivity index (χ0n) is 8.78. The summed E-state index contributed by atoms with van der Waals surface area (Å²) in [5, 5.41) is 0. The molecule has 0 spiro atoms. The van der Waals surface area contributed by atoms with Crippen LogP contribution in [0.1, 0.15) is 25.0 Å². The van der Waals surface area contributed by atoms with Crippen molar-refractivity contribution in [3.63, 3.8) is 0 Å². The molecule has 1 aliphatic heterocycles. The molecule has 0 unspecified atom stereocenters. The largest absolute Gasteiger partial charge is 0.469 e. The van der Waals surface area contributed by atoms with Crippen LogP contribution in [0.15, 0.2) is 22.8 Å². The highest BCUT2D eigenvalue weighted by Gasteiger charge is 2.17. The summed E-state index contributed by atoms with van der Waals surface area (Å²) >= 11 is 2.00. The Labute approximate surface area is 94.4 Å². The van der Waals surface area contributed by atoms with Gasteiger partial charge >= 0.3 is 0 Å². The zero-order valence-corrected chi connectivity index (χ0v) is 9.59. The van der Waals surface area contributed by atoms with Crippen LogP contribution in [0.25, 0.3) is 0 Å². The van der Waals surface area contributed by atoms with Crippen LogP contribution in [0.5, 0.6) is 0 Å². The van der Waals surface area contributed by atoms with E-state index in [9.17, 15) is 4.79 Å². The van der Waals surface area contributed by atoms with Crippen LogP contribution in [0.4, 0.5) is 0 Å². The van der Waals surface area contributed by atoms with Gasteiger partial charge in [0.2, 0.25) is 0 Å². The van der Waals surface area contributed by atoms with Crippen LogP contribution >= 0.6 is 11.8 Å². The minimum absolute atomic E-state index is 0.321. The lowest BCUT2D eigenvalue weighted by Gasteiger charge is -2.20. The Hall–Kier alpha value is -0.700. The quantitative estimate of drug-likeness (QED) is 0.787. The molecule has 0 radical (unpaired) electrons. The summed E-state index contributed by atoms with van der Waals surface area (Å²) in [6.45, 7) is 0. The van der Waals surface area contributed by atoms with Gasteiger partial charge in [-0.05, 0) is 42.4 Å². The van der Waals surface area contributed by atoms with Crippen LogP contribution in [0.2, 0.25) is 0 Å². The molecule has 2 nitrogen and oxygen atoms in total. The van der Waals surface area contributed by atoms with Crippen molar-refractivity contribution in [3.05, 3.63) is 24.2 Å². The smallest absolute Gasteiger partial charge is 0.140 e. The second-order valence-electron chi connectivity index (χ2n) is 4.05. The van der Waals surface area contributed by atoms with Gasteiger partial charge in [-0.25, -0.2) is 0 Å². The summed E-state index contributed by atoms with van der Waals surface area (Å²) in [5.74, 6) is 4.18. The zero-order chi connectivity index (χ0) is 10.5. The number of carbonyl (C=O) groups is 1. The van der Waals surface area contributed by atoms with Crippen molar-refractivity contribution in [3.8, 4) is 0 Å². The first-order valence-electron chi connectivity index (χ1n) is 5.46. The normalized spacial score (nSPS) is 17.9. The number of furan rings is 1. The summed E-state index contributed by atoms with van der Waals surface area (Å²) in [6, 6.07) is 3.70. The molecule has 1 fully saturated rings.